The van der Waals surface area contributed by atoms with Gasteiger partial charge < -0.3 is 11.5 Å². The van der Waals surface area contributed by atoms with E-state index >= 15 is 0 Å². The predicted molar refractivity (Wildman–Crippen MR) is 113 cm³/mol. The number of anilines is 2. The molecule has 0 fully saturated rings. The van der Waals surface area contributed by atoms with Crippen LogP contribution in [0.4, 0.5) is 11.4 Å². The lowest BCUT2D eigenvalue weighted by atomic mass is 9.98. The summed E-state index contributed by atoms with van der Waals surface area (Å²) in [5.74, 6) is 0.638. The molecule has 0 amide bonds. The monoisotopic (exact) mass is 342 g/mol. The Morgan fingerprint density at radius 2 is 1.00 bits per heavy atom. The molecular weight excluding hydrogens is 316 g/mol. The third kappa shape index (κ3) is 4.54. The average molecular weight is 342 g/mol. The van der Waals surface area contributed by atoms with Crippen LogP contribution in [0.25, 0.3) is 12.2 Å². The quantitative estimate of drug-likeness (QED) is 0.704. The zero-order chi connectivity index (χ0) is 18.5. The Hall–Kier alpha value is -3.00. The van der Waals surface area contributed by atoms with E-state index in [9.17, 15) is 0 Å². The summed E-state index contributed by atoms with van der Waals surface area (Å²) in [6.45, 7) is 4.38. The van der Waals surface area contributed by atoms with Crippen LogP contribution in [0.2, 0.25) is 0 Å². The van der Waals surface area contributed by atoms with Crippen molar-refractivity contribution in [3.8, 4) is 0 Å². The molecule has 2 unspecified atom stereocenters. The fourth-order valence-electron chi connectivity index (χ4n) is 3.17. The summed E-state index contributed by atoms with van der Waals surface area (Å²) in [6, 6.07) is 24.8. The van der Waals surface area contributed by atoms with Crippen LogP contribution in [0.1, 0.15) is 36.8 Å². The maximum atomic E-state index is 5.89. The second-order valence-corrected chi connectivity index (χ2v) is 6.92. The number of hydrogen-bond donors (Lipinski definition) is 2. The highest BCUT2D eigenvalue weighted by molar-refractivity contribution is 5.48. The number of nitrogen functional groups attached to an aromatic ring is 2. The van der Waals surface area contributed by atoms with Crippen LogP contribution in [0, 0.1) is 0 Å². The largest absolute Gasteiger partial charge is 0.399 e. The van der Waals surface area contributed by atoms with E-state index in [1.807, 2.05) is 36.4 Å². The van der Waals surface area contributed by atoms with Crippen molar-refractivity contribution in [3.63, 3.8) is 0 Å². The average Bonchev–Trinajstić information content (AvgIpc) is 2.63. The molecule has 2 atom stereocenters. The normalized spacial score (nSPS) is 13.0. The SMILES string of the molecule is CC(C=c1ccc(=CC(C)c2cccc(N)c2)cc1)c1cccc(N)c1. The highest BCUT2D eigenvalue weighted by Gasteiger charge is 2.03. The molecular formula is C24H26N2. The van der Waals surface area contributed by atoms with Gasteiger partial charge in [-0.25, -0.2) is 0 Å². The van der Waals surface area contributed by atoms with Gasteiger partial charge in [-0.15, -0.1) is 0 Å². The Kier molecular flexibility index (Phi) is 5.43. The summed E-state index contributed by atoms with van der Waals surface area (Å²) in [6.07, 6.45) is 4.53. The number of hydrogen-bond acceptors (Lipinski definition) is 2. The van der Waals surface area contributed by atoms with E-state index < -0.39 is 0 Å². The van der Waals surface area contributed by atoms with Crippen LogP contribution in [-0.2, 0) is 0 Å². The van der Waals surface area contributed by atoms with Crippen molar-refractivity contribution in [1.82, 2.24) is 0 Å². The van der Waals surface area contributed by atoms with Crippen molar-refractivity contribution in [2.45, 2.75) is 25.7 Å². The van der Waals surface area contributed by atoms with E-state index in [-0.39, 0.29) is 0 Å². The first-order valence-corrected chi connectivity index (χ1v) is 9.02. The fraction of sp³-hybridized carbons (Fsp3) is 0.167. The van der Waals surface area contributed by atoms with E-state index in [0.29, 0.717) is 11.8 Å². The van der Waals surface area contributed by atoms with E-state index in [1.54, 1.807) is 0 Å². The minimum Gasteiger partial charge on any atom is -0.399 e. The minimum absolute atomic E-state index is 0.319. The lowest BCUT2D eigenvalue weighted by molar-refractivity contribution is 1.02. The molecule has 132 valence electrons. The lowest BCUT2D eigenvalue weighted by Gasteiger charge is -2.08. The van der Waals surface area contributed by atoms with Crippen LogP contribution in [0.3, 0.4) is 0 Å². The minimum atomic E-state index is 0.319. The molecule has 0 aliphatic heterocycles. The van der Waals surface area contributed by atoms with Crippen molar-refractivity contribution in [2.24, 2.45) is 0 Å². The van der Waals surface area contributed by atoms with Crippen LogP contribution >= 0.6 is 0 Å². The van der Waals surface area contributed by atoms with Crippen molar-refractivity contribution in [1.29, 1.82) is 0 Å². The molecule has 0 aliphatic carbocycles. The maximum Gasteiger partial charge on any atom is 0.0316 e. The van der Waals surface area contributed by atoms with E-state index in [4.69, 9.17) is 11.5 Å². The number of nitrogens with two attached hydrogens (primary N) is 2. The van der Waals surface area contributed by atoms with Crippen LogP contribution in [0.5, 0.6) is 0 Å². The van der Waals surface area contributed by atoms with E-state index in [2.05, 4.69) is 62.4 Å². The predicted octanol–water partition coefficient (Wildman–Crippen LogP) is 4.02. The maximum absolute atomic E-state index is 5.89. The molecule has 0 saturated heterocycles. The molecule has 0 saturated carbocycles. The number of rotatable bonds is 4. The Bertz CT molecular complexity index is 899. The van der Waals surface area contributed by atoms with Gasteiger partial charge in [-0.2, -0.15) is 0 Å². The van der Waals surface area contributed by atoms with Crippen LogP contribution in [-0.4, -0.2) is 0 Å². The molecule has 2 nitrogen and oxygen atoms in total. The summed E-state index contributed by atoms with van der Waals surface area (Å²) >= 11 is 0. The van der Waals surface area contributed by atoms with Crippen LogP contribution in [0.15, 0.2) is 72.8 Å². The van der Waals surface area contributed by atoms with Gasteiger partial charge in [0.25, 0.3) is 0 Å². The smallest absolute Gasteiger partial charge is 0.0316 e. The first-order chi connectivity index (χ1) is 12.5. The van der Waals surface area contributed by atoms with E-state index in [0.717, 1.165) is 11.4 Å². The number of benzene rings is 3. The van der Waals surface area contributed by atoms with Gasteiger partial charge in [-0.3, -0.25) is 0 Å². The van der Waals surface area contributed by atoms with Gasteiger partial charge in [0.2, 0.25) is 0 Å². The second-order valence-electron chi connectivity index (χ2n) is 6.92. The van der Waals surface area contributed by atoms with Crippen LogP contribution < -0.4 is 21.9 Å². The van der Waals surface area contributed by atoms with E-state index in [1.165, 1.54) is 21.6 Å². The van der Waals surface area contributed by atoms with Crippen molar-refractivity contribution < 1.29 is 0 Å². The Balaban J connectivity index is 1.81. The summed E-state index contributed by atoms with van der Waals surface area (Å²) < 4.78 is 0. The topological polar surface area (TPSA) is 52.0 Å². The molecule has 26 heavy (non-hydrogen) atoms. The highest BCUT2D eigenvalue weighted by atomic mass is 14.5. The Morgan fingerprint density at radius 3 is 1.35 bits per heavy atom. The molecule has 4 N–H and O–H groups in total. The van der Waals surface area contributed by atoms with Gasteiger partial charge in [-0.05, 0) is 57.7 Å². The molecule has 3 rings (SSSR count). The highest BCUT2D eigenvalue weighted by Crippen LogP contribution is 2.19. The zero-order valence-electron chi connectivity index (χ0n) is 15.4. The van der Waals surface area contributed by atoms with Gasteiger partial charge in [-0.1, -0.05) is 74.5 Å². The second kappa shape index (κ2) is 7.92. The van der Waals surface area contributed by atoms with Crippen molar-refractivity contribution in [3.05, 3.63) is 94.4 Å². The third-order valence-corrected chi connectivity index (χ3v) is 4.69. The molecule has 0 aliphatic rings. The first-order valence-electron chi connectivity index (χ1n) is 9.02. The third-order valence-electron chi connectivity index (χ3n) is 4.69. The zero-order valence-corrected chi connectivity index (χ0v) is 15.4. The summed E-state index contributed by atoms with van der Waals surface area (Å²) in [4.78, 5) is 0. The summed E-state index contributed by atoms with van der Waals surface area (Å²) in [5, 5.41) is 2.43. The lowest BCUT2D eigenvalue weighted by Crippen LogP contribution is -2.09. The molecule has 0 radical (unpaired) electrons. The van der Waals surface area contributed by atoms with Gasteiger partial charge >= 0.3 is 0 Å². The van der Waals surface area contributed by atoms with Gasteiger partial charge in [0, 0.05) is 11.4 Å². The Labute approximate surface area is 155 Å². The van der Waals surface area contributed by atoms with Crippen molar-refractivity contribution >= 4 is 23.5 Å². The Morgan fingerprint density at radius 1 is 0.615 bits per heavy atom. The first kappa shape index (κ1) is 17.8. The molecule has 2 heteroatoms. The molecule has 0 aromatic heterocycles. The molecule has 0 spiro atoms. The van der Waals surface area contributed by atoms with Gasteiger partial charge in [0.05, 0.1) is 0 Å². The summed E-state index contributed by atoms with van der Waals surface area (Å²) in [5.41, 5.74) is 15.9. The van der Waals surface area contributed by atoms with Gasteiger partial charge in [0.1, 0.15) is 0 Å². The van der Waals surface area contributed by atoms with Gasteiger partial charge in [0.15, 0.2) is 0 Å². The standard InChI is InChI=1S/C24H26N2/c1-17(21-5-3-7-23(25)15-21)13-19-9-11-20(12-10-19)14-18(2)22-6-4-8-24(26)16-22/h3-18H,25-26H2,1-2H3. The van der Waals surface area contributed by atoms with Crippen molar-refractivity contribution in [2.75, 3.05) is 11.5 Å². The molecule has 0 bridgehead atoms. The molecule has 0 heterocycles. The summed E-state index contributed by atoms with van der Waals surface area (Å²) in [7, 11) is 0. The molecule has 3 aromatic carbocycles. The molecule has 3 aromatic rings. The fourth-order valence-corrected chi connectivity index (χ4v) is 3.17.